The summed E-state index contributed by atoms with van der Waals surface area (Å²) in [5.41, 5.74) is 1.93. The number of rotatable bonds is 6. The number of ether oxygens (including phenoxy) is 1. The van der Waals surface area contributed by atoms with Crippen LogP contribution in [0.25, 0.3) is 11.3 Å². The molecule has 1 heterocycles. The van der Waals surface area contributed by atoms with Crippen LogP contribution in [-0.4, -0.2) is 23.1 Å². The molecule has 19 heavy (non-hydrogen) atoms. The average Bonchev–Trinajstić information content (AvgIpc) is 2.46. The van der Waals surface area contributed by atoms with E-state index in [-0.39, 0.29) is 0 Å². The first-order valence-corrected chi connectivity index (χ1v) is 6.63. The van der Waals surface area contributed by atoms with Crippen molar-refractivity contribution in [3.05, 3.63) is 36.5 Å². The minimum absolute atomic E-state index is 0.663. The van der Waals surface area contributed by atoms with Crippen molar-refractivity contribution >= 4 is 5.95 Å². The molecule has 0 aliphatic carbocycles. The van der Waals surface area contributed by atoms with E-state index in [0.29, 0.717) is 12.6 Å². The highest BCUT2D eigenvalue weighted by molar-refractivity contribution is 5.61. The molecular weight excluding hydrogens is 238 g/mol. The molecule has 0 fully saturated rings. The summed E-state index contributed by atoms with van der Waals surface area (Å²) in [6.07, 6.45) is 2.82. The summed E-state index contributed by atoms with van der Waals surface area (Å²) in [7, 11) is 0. The van der Waals surface area contributed by atoms with Crippen molar-refractivity contribution in [1.82, 2.24) is 9.97 Å². The Kier molecular flexibility index (Phi) is 4.72. The van der Waals surface area contributed by atoms with Crippen LogP contribution in [0.4, 0.5) is 5.95 Å². The molecule has 1 aromatic heterocycles. The van der Waals surface area contributed by atoms with Gasteiger partial charge in [-0.2, -0.15) is 0 Å². The summed E-state index contributed by atoms with van der Waals surface area (Å²) in [5, 5.41) is 3.19. The van der Waals surface area contributed by atoms with Gasteiger partial charge in [0, 0.05) is 18.3 Å². The minimum Gasteiger partial charge on any atom is -0.494 e. The van der Waals surface area contributed by atoms with Gasteiger partial charge in [0.1, 0.15) is 5.75 Å². The van der Waals surface area contributed by atoms with Gasteiger partial charge >= 0.3 is 0 Å². The molecule has 0 bridgehead atoms. The topological polar surface area (TPSA) is 47.0 Å². The third-order valence-corrected chi connectivity index (χ3v) is 2.63. The largest absolute Gasteiger partial charge is 0.494 e. The number of anilines is 1. The van der Waals surface area contributed by atoms with Crippen LogP contribution >= 0.6 is 0 Å². The number of aromatic nitrogens is 2. The Labute approximate surface area is 113 Å². The smallest absolute Gasteiger partial charge is 0.223 e. The fourth-order valence-electron chi connectivity index (χ4n) is 1.75. The second kappa shape index (κ2) is 6.73. The van der Waals surface area contributed by atoms with Crippen LogP contribution in [0.1, 0.15) is 20.3 Å². The van der Waals surface area contributed by atoms with Crippen molar-refractivity contribution < 1.29 is 4.74 Å². The maximum absolute atomic E-state index is 5.50. The quantitative estimate of drug-likeness (QED) is 0.862. The number of nitrogens with zero attached hydrogens (tertiary/aromatic N) is 2. The number of nitrogens with one attached hydrogen (secondary N) is 1. The maximum Gasteiger partial charge on any atom is 0.223 e. The third kappa shape index (κ3) is 3.68. The second-order valence-corrected chi connectivity index (χ2v) is 4.15. The lowest BCUT2D eigenvalue weighted by Gasteiger charge is -2.07. The third-order valence-electron chi connectivity index (χ3n) is 2.63. The Morgan fingerprint density at radius 1 is 1.21 bits per heavy atom. The van der Waals surface area contributed by atoms with E-state index in [1.807, 2.05) is 37.3 Å². The van der Waals surface area contributed by atoms with E-state index >= 15 is 0 Å². The van der Waals surface area contributed by atoms with Gasteiger partial charge in [-0.25, -0.2) is 9.97 Å². The molecule has 1 aromatic carbocycles. The predicted octanol–water partition coefficient (Wildman–Crippen LogP) is 3.36. The Morgan fingerprint density at radius 3 is 2.89 bits per heavy atom. The Hall–Kier alpha value is -2.10. The van der Waals surface area contributed by atoms with Crippen molar-refractivity contribution in [1.29, 1.82) is 0 Å². The standard InChI is InChI=1S/C15H19N3O/c1-3-9-16-15-17-10-8-14(18-15)12-6-5-7-13(11-12)19-4-2/h5-8,10-11H,3-4,9H2,1-2H3,(H,16,17,18). The molecule has 0 amide bonds. The molecule has 1 N–H and O–H groups in total. The van der Waals surface area contributed by atoms with Crippen LogP contribution in [0.15, 0.2) is 36.5 Å². The van der Waals surface area contributed by atoms with Crippen LogP contribution < -0.4 is 10.1 Å². The molecule has 0 spiro atoms. The van der Waals surface area contributed by atoms with Gasteiger partial charge in [-0.3, -0.25) is 0 Å². The fraction of sp³-hybridized carbons (Fsp3) is 0.333. The summed E-state index contributed by atoms with van der Waals surface area (Å²) in [6.45, 7) is 5.63. The van der Waals surface area contributed by atoms with Gasteiger partial charge in [-0.05, 0) is 31.5 Å². The molecule has 0 radical (unpaired) electrons. The summed E-state index contributed by atoms with van der Waals surface area (Å²) < 4.78 is 5.50. The zero-order valence-electron chi connectivity index (χ0n) is 11.4. The van der Waals surface area contributed by atoms with Crippen LogP contribution in [0.2, 0.25) is 0 Å². The van der Waals surface area contributed by atoms with Gasteiger partial charge in [0.05, 0.1) is 12.3 Å². The summed E-state index contributed by atoms with van der Waals surface area (Å²) in [4.78, 5) is 8.71. The van der Waals surface area contributed by atoms with Crippen molar-refractivity contribution in [2.24, 2.45) is 0 Å². The lowest BCUT2D eigenvalue weighted by molar-refractivity contribution is 0.340. The van der Waals surface area contributed by atoms with E-state index in [4.69, 9.17) is 4.74 Å². The zero-order valence-corrected chi connectivity index (χ0v) is 11.4. The molecule has 0 atom stereocenters. The molecule has 100 valence electrons. The first kappa shape index (κ1) is 13.3. The fourth-order valence-corrected chi connectivity index (χ4v) is 1.75. The zero-order chi connectivity index (χ0) is 13.5. The number of hydrogen-bond donors (Lipinski definition) is 1. The van der Waals surface area contributed by atoms with E-state index in [1.165, 1.54) is 0 Å². The SMILES string of the molecule is CCCNc1nccc(-c2cccc(OCC)c2)n1. The van der Waals surface area contributed by atoms with Gasteiger partial charge in [0.15, 0.2) is 0 Å². The van der Waals surface area contributed by atoms with Gasteiger partial charge in [-0.15, -0.1) is 0 Å². The van der Waals surface area contributed by atoms with Crippen LogP contribution in [-0.2, 0) is 0 Å². The Balaban J connectivity index is 2.23. The molecule has 2 aromatic rings. The van der Waals surface area contributed by atoms with Crippen molar-refractivity contribution in [3.63, 3.8) is 0 Å². The van der Waals surface area contributed by atoms with E-state index in [0.717, 1.165) is 30.0 Å². The van der Waals surface area contributed by atoms with Crippen molar-refractivity contribution in [3.8, 4) is 17.0 Å². The van der Waals surface area contributed by atoms with Gasteiger partial charge < -0.3 is 10.1 Å². The Bertz CT molecular complexity index is 528. The number of benzene rings is 1. The lowest BCUT2D eigenvalue weighted by atomic mass is 10.1. The first-order chi connectivity index (χ1) is 9.33. The van der Waals surface area contributed by atoms with E-state index in [2.05, 4.69) is 22.2 Å². The van der Waals surface area contributed by atoms with E-state index in [9.17, 15) is 0 Å². The molecule has 0 saturated heterocycles. The summed E-state index contributed by atoms with van der Waals surface area (Å²) in [6, 6.07) is 9.85. The highest BCUT2D eigenvalue weighted by atomic mass is 16.5. The average molecular weight is 257 g/mol. The first-order valence-electron chi connectivity index (χ1n) is 6.63. The summed E-state index contributed by atoms with van der Waals surface area (Å²) in [5.74, 6) is 1.53. The normalized spacial score (nSPS) is 10.2. The summed E-state index contributed by atoms with van der Waals surface area (Å²) >= 11 is 0. The molecule has 0 saturated carbocycles. The van der Waals surface area contributed by atoms with Crippen molar-refractivity contribution in [2.45, 2.75) is 20.3 Å². The molecule has 4 heteroatoms. The van der Waals surface area contributed by atoms with Gasteiger partial charge in [0.2, 0.25) is 5.95 Å². The minimum atomic E-state index is 0.663. The molecule has 0 unspecified atom stereocenters. The van der Waals surface area contributed by atoms with Gasteiger partial charge in [0.25, 0.3) is 0 Å². The monoisotopic (exact) mass is 257 g/mol. The van der Waals surface area contributed by atoms with E-state index in [1.54, 1.807) is 6.20 Å². The number of hydrogen-bond acceptors (Lipinski definition) is 4. The second-order valence-electron chi connectivity index (χ2n) is 4.15. The van der Waals surface area contributed by atoms with Crippen LogP contribution in [0, 0.1) is 0 Å². The highest BCUT2D eigenvalue weighted by Gasteiger charge is 2.03. The maximum atomic E-state index is 5.50. The molecule has 4 nitrogen and oxygen atoms in total. The van der Waals surface area contributed by atoms with Gasteiger partial charge in [-0.1, -0.05) is 19.1 Å². The molecule has 0 aliphatic rings. The molecular formula is C15H19N3O. The molecule has 2 rings (SSSR count). The van der Waals surface area contributed by atoms with Crippen molar-refractivity contribution in [2.75, 3.05) is 18.5 Å². The highest BCUT2D eigenvalue weighted by Crippen LogP contribution is 2.22. The Morgan fingerprint density at radius 2 is 2.11 bits per heavy atom. The van der Waals surface area contributed by atoms with E-state index < -0.39 is 0 Å². The van der Waals surface area contributed by atoms with Crippen LogP contribution in [0.3, 0.4) is 0 Å². The lowest BCUT2D eigenvalue weighted by Crippen LogP contribution is -2.04. The molecule has 0 aliphatic heterocycles. The van der Waals surface area contributed by atoms with Crippen LogP contribution in [0.5, 0.6) is 5.75 Å². The predicted molar refractivity (Wildman–Crippen MR) is 77.4 cm³/mol.